The second-order valence-electron chi connectivity index (χ2n) is 5.51. The van der Waals surface area contributed by atoms with Gasteiger partial charge in [0.1, 0.15) is 5.75 Å². The highest BCUT2D eigenvalue weighted by Crippen LogP contribution is 2.26. The fourth-order valence-corrected chi connectivity index (χ4v) is 2.32. The second-order valence-corrected chi connectivity index (χ2v) is 5.92. The van der Waals surface area contributed by atoms with Crippen LogP contribution in [0.15, 0.2) is 18.2 Å². The molecule has 0 radical (unpaired) electrons. The molecule has 108 valence electrons. The van der Waals surface area contributed by atoms with E-state index in [2.05, 4.69) is 32.2 Å². The number of nitrogens with one attached hydrogen (secondary N) is 1. The minimum Gasteiger partial charge on any atom is -0.495 e. The van der Waals surface area contributed by atoms with Crippen molar-refractivity contribution >= 4 is 11.6 Å². The molecule has 0 bridgehead atoms. The molecule has 0 heterocycles. The van der Waals surface area contributed by atoms with Gasteiger partial charge in [-0.05, 0) is 49.4 Å². The van der Waals surface area contributed by atoms with Crippen molar-refractivity contribution in [1.82, 2.24) is 5.32 Å². The molecule has 0 spiro atoms. The molecule has 1 N–H and O–H groups in total. The first-order valence-corrected chi connectivity index (χ1v) is 7.46. The van der Waals surface area contributed by atoms with Crippen LogP contribution in [0.1, 0.15) is 39.2 Å². The van der Waals surface area contributed by atoms with Gasteiger partial charge in [0, 0.05) is 6.04 Å². The van der Waals surface area contributed by atoms with Crippen LogP contribution in [0.2, 0.25) is 5.02 Å². The van der Waals surface area contributed by atoms with Crippen LogP contribution >= 0.6 is 11.6 Å². The third-order valence-corrected chi connectivity index (χ3v) is 3.63. The maximum Gasteiger partial charge on any atom is 0.137 e. The van der Waals surface area contributed by atoms with Gasteiger partial charge in [0.2, 0.25) is 0 Å². The molecule has 1 aromatic carbocycles. The van der Waals surface area contributed by atoms with Crippen molar-refractivity contribution in [1.29, 1.82) is 0 Å². The fourth-order valence-electron chi connectivity index (χ4n) is 2.04. The highest BCUT2D eigenvalue weighted by atomic mass is 35.5. The molecular formula is C16H26ClNO. The van der Waals surface area contributed by atoms with Crippen LogP contribution in [0.4, 0.5) is 0 Å². The standard InChI is InChI=1S/C16H26ClNO/c1-12(2)18-10-9-13(3)5-6-14-7-8-16(19-4)15(17)11-14/h7-8,11-13,18H,5-6,9-10H2,1-4H3. The summed E-state index contributed by atoms with van der Waals surface area (Å²) < 4.78 is 5.16. The van der Waals surface area contributed by atoms with E-state index in [1.165, 1.54) is 18.4 Å². The summed E-state index contributed by atoms with van der Waals surface area (Å²) in [4.78, 5) is 0. The normalized spacial score (nSPS) is 12.7. The zero-order valence-corrected chi connectivity index (χ0v) is 13.3. The van der Waals surface area contributed by atoms with Crippen molar-refractivity contribution in [2.24, 2.45) is 5.92 Å². The molecule has 1 aromatic rings. The molecule has 0 aromatic heterocycles. The minimum absolute atomic E-state index is 0.576. The Kier molecular flexibility index (Phi) is 7.25. The lowest BCUT2D eigenvalue weighted by Crippen LogP contribution is -2.24. The monoisotopic (exact) mass is 283 g/mol. The number of methoxy groups -OCH3 is 1. The van der Waals surface area contributed by atoms with Crippen molar-refractivity contribution < 1.29 is 4.74 Å². The van der Waals surface area contributed by atoms with Crippen molar-refractivity contribution in [2.75, 3.05) is 13.7 Å². The van der Waals surface area contributed by atoms with Gasteiger partial charge in [-0.3, -0.25) is 0 Å². The maximum absolute atomic E-state index is 6.13. The number of ether oxygens (including phenoxy) is 1. The summed E-state index contributed by atoms with van der Waals surface area (Å²) in [5.41, 5.74) is 1.29. The van der Waals surface area contributed by atoms with Crippen molar-refractivity contribution in [3.05, 3.63) is 28.8 Å². The van der Waals surface area contributed by atoms with Gasteiger partial charge in [0.15, 0.2) is 0 Å². The van der Waals surface area contributed by atoms with E-state index in [-0.39, 0.29) is 0 Å². The average molecular weight is 284 g/mol. The highest BCUT2D eigenvalue weighted by molar-refractivity contribution is 6.32. The van der Waals surface area contributed by atoms with Gasteiger partial charge in [0.25, 0.3) is 0 Å². The molecule has 1 rings (SSSR count). The van der Waals surface area contributed by atoms with Crippen LogP contribution in [0, 0.1) is 5.92 Å². The van der Waals surface area contributed by atoms with Gasteiger partial charge in [-0.2, -0.15) is 0 Å². The van der Waals surface area contributed by atoms with E-state index in [1.807, 2.05) is 12.1 Å². The summed E-state index contributed by atoms with van der Waals surface area (Å²) in [6.45, 7) is 7.78. The predicted octanol–water partition coefficient (Wildman–Crippen LogP) is 4.31. The zero-order valence-electron chi connectivity index (χ0n) is 12.5. The Hall–Kier alpha value is -0.730. The maximum atomic E-state index is 6.13. The lowest BCUT2D eigenvalue weighted by molar-refractivity contribution is 0.414. The Bertz CT molecular complexity index is 379. The molecule has 0 aliphatic rings. The van der Waals surface area contributed by atoms with E-state index in [4.69, 9.17) is 16.3 Å². The van der Waals surface area contributed by atoms with E-state index in [1.54, 1.807) is 7.11 Å². The Morgan fingerprint density at radius 2 is 1.95 bits per heavy atom. The topological polar surface area (TPSA) is 21.3 Å². The lowest BCUT2D eigenvalue weighted by Gasteiger charge is -2.14. The summed E-state index contributed by atoms with van der Waals surface area (Å²) in [5.74, 6) is 1.48. The molecular weight excluding hydrogens is 258 g/mol. The molecule has 3 heteroatoms. The van der Waals surface area contributed by atoms with Gasteiger partial charge in [-0.15, -0.1) is 0 Å². The minimum atomic E-state index is 0.576. The van der Waals surface area contributed by atoms with Gasteiger partial charge >= 0.3 is 0 Å². The molecule has 0 saturated carbocycles. The van der Waals surface area contributed by atoms with Crippen LogP contribution in [-0.4, -0.2) is 19.7 Å². The largest absolute Gasteiger partial charge is 0.495 e. The third kappa shape index (κ3) is 6.31. The van der Waals surface area contributed by atoms with E-state index >= 15 is 0 Å². The molecule has 1 unspecified atom stereocenters. The highest BCUT2D eigenvalue weighted by Gasteiger charge is 2.06. The Balaban J connectivity index is 2.33. The van der Waals surface area contributed by atoms with Gasteiger partial charge < -0.3 is 10.1 Å². The van der Waals surface area contributed by atoms with Crippen molar-refractivity contribution in [2.45, 2.75) is 46.1 Å². The van der Waals surface area contributed by atoms with Gasteiger partial charge in [-0.25, -0.2) is 0 Å². The number of benzene rings is 1. The van der Waals surface area contributed by atoms with Gasteiger partial charge in [0.05, 0.1) is 12.1 Å². The van der Waals surface area contributed by atoms with Crippen LogP contribution < -0.4 is 10.1 Å². The summed E-state index contributed by atoms with van der Waals surface area (Å²) >= 11 is 6.13. The fraction of sp³-hybridized carbons (Fsp3) is 0.625. The molecule has 0 saturated heterocycles. The summed E-state index contributed by atoms with van der Waals surface area (Å²) in [5, 5.41) is 4.16. The second kappa shape index (κ2) is 8.44. The van der Waals surface area contributed by atoms with E-state index in [0.717, 1.165) is 24.6 Å². The van der Waals surface area contributed by atoms with Crippen LogP contribution in [-0.2, 0) is 6.42 Å². The molecule has 0 aliphatic carbocycles. The van der Waals surface area contributed by atoms with E-state index in [0.29, 0.717) is 11.1 Å². The van der Waals surface area contributed by atoms with Crippen molar-refractivity contribution in [3.63, 3.8) is 0 Å². The number of hydrogen-bond acceptors (Lipinski definition) is 2. The van der Waals surface area contributed by atoms with Crippen LogP contribution in [0.25, 0.3) is 0 Å². The smallest absolute Gasteiger partial charge is 0.137 e. The zero-order chi connectivity index (χ0) is 14.3. The average Bonchev–Trinajstić information content (AvgIpc) is 2.36. The molecule has 0 aliphatic heterocycles. The Morgan fingerprint density at radius 3 is 2.53 bits per heavy atom. The van der Waals surface area contributed by atoms with E-state index in [9.17, 15) is 0 Å². The Labute approximate surface area is 122 Å². The van der Waals surface area contributed by atoms with Gasteiger partial charge in [-0.1, -0.05) is 38.4 Å². The molecule has 1 atom stereocenters. The first-order valence-electron chi connectivity index (χ1n) is 7.08. The summed E-state index contributed by atoms with van der Waals surface area (Å²) in [6, 6.07) is 6.64. The predicted molar refractivity (Wildman–Crippen MR) is 83.2 cm³/mol. The third-order valence-electron chi connectivity index (χ3n) is 3.33. The molecule has 2 nitrogen and oxygen atoms in total. The first kappa shape index (κ1) is 16.3. The van der Waals surface area contributed by atoms with Crippen LogP contribution in [0.5, 0.6) is 5.75 Å². The van der Waals surface area contributed by atoms with E-state index < -0.39 is 0 Å². The number of hydrogen-bond donors (Lipinski definition) is 1. The summed E-state index contributed by atoms with van der Waals surface area (Å²) in [6.07, 6.45) is 3.50. The summed E-state index contributed by atoms with van der Waals surface area (Å²) in [7, 11) is 1.64. The van der Waals surface area contributed by atoms with Crippen molar-refractivity contribution in [3.8, 4) is 5.75 Å². The quantitative estimate of drug-likeness (QED) is 0.768. The number of rotatable bonds is 8. The SMILES string of the molecule is COc1ccc(CCC(C)CCNC(C)C)cc1Cl. The van der Waals surface area contributed by atoms with Crippen LogP contribution in [0.3, 0.4) is 0 Å². The number of aryl methyl sites for hydroxylation is 1. The molecule has 19 heavy (non-hydrogen) atoms. The lowest BCUT2D eigenvalue weighted by atomic mass is 9.98. The first-order chi connectivity index (χ1) is 9.02. The Morgan fingerprint density at radius 1 is 1.21 bits per heavy atom. The molecule has 0 fully saturated rings. The molecule has 0 amide bonds. The number of halogens is 1.